The van der Waals surface area contributed by atoms with E-state index in [4.69, 9.17) is 4.42 Å². The minimum atomic E-state index is -3.50. The topological polar surface area (TPSA) is 113 Å². The Morgan fingerprint density at radius 1 is 1.04 bits per heavy atom. The number of aromatic hydroxyl groups is 2. The third-order valence-corrected chi connectivity index (χ3v) is 6.61. The van der Waals surface area contributed by atoms with Crippen LogP contribution in [0.2, 0.25) is 0 Å². The second-order valence-electron chi connectivity index (χ2n) is 6.75. The van der Waals surface area contributed by atoms with Crippen molar-refractivity contribution in [3.05, 3.63) is 46.8 Å². The van der Waals surface area contributed by atoms with Gasteiger partial charge in [0.1, 0.15) is 16.9 Å². The van der Waals surface area contributed by atoms with Crippen molar-refractivity contribution in [3.8, 4) is 11.6 Å². The molecule has 2 N–H and O–H groups in total. The predicted molar refractivity (Wildman–Crippen MR) is 106 cm³/mol. The zero-order valence-electron chi connectivity index (χ0n) is 15.2. The lowest BCUT2D eigenvalue weighted by molar-refractivity contribution is 0.422. The average Bonchev–Trinajstić information content (AvgIpc) is 2.64. The molecule has 2 heterocycles. The summed E-state index contributed by atoms with van der Waals surface area (Å²) in [7, 11) is -0.633. The molecular formula is C19H18N2O6S. The Balaban J connectivity index is 2.06. The van der Waals surface area contributed by atoms with Crippen molar-refractivity contribution in [1.29, 1.82) is 0 Å². The van der Waals surface area contributed by atoms with Gasteiger partial charge in [0.05, 0.1) is 11.1 Å². The first-order chi connectivity index (χ1) is 13.2. The SMILES string of the molecule is CN(C)S(=O)(=O)CCn1cc2c3cc(O)ccc3oc3ccc(=O)c(c1O)c32. The van der Waals surface area contributed by atoms with Crippen LogP contribution in [0.4, 0.5) is 0 Å². The lowest BCUT2D eigenvalue weighted by Gasteiger charge is -2.17. The summed E-state index contributed by atoms with van der Waals surface area (Å²) in [5.41, 5.74) is 0.490. The first-order valence-electron chi connectivity index (χ1n) is 8.49. The molecule has 0 spiro atoms. The van der Waals surface area contributed by atoms with E-state index < -0.39 is 15.5 Å². The van der Waals surface area contributed by atoms with Gasteiger partial charge in [-0.1, -0.05) is 0 Å². The number of nitrogens with zero attached hydrogens (tertiary/aromatic N) is 2. The van der Waals surface area contributed by atoms with E-state index >= 15 is 0 Å². The predicted octanol–water partition coefficient (Wildman–Crippen LogP) is 2.20. The molecule has 0 radical (unpaired) electrons. The minimum Gasteiger partial charge on any atom is -0.508 e. The highest BCUT2D eigenvalue weighted by Crippen LogP contribution is 2.37. The summed E-state index contributed by atoms with van der Waals surface area (Å²) in [5.74, 6) is -0.556. The number of benzene rings is 2. The summed E-state index contributed by atoms with van der Waals surface area (Å²) in [6.45, 7) is -0.0477. The van der Waals surface area contributed by atoms with Gasteiger partial charge in [-0.05, 0) is 30.3 Å². The summed E-state index contributed by atoms with van der Waals surface area (Å²) in [6.07, 6.45) is 1.58. The van der Waals surface area contributed by atoms with E-state index in [1.807, 2.05) is 0 Å². The van der Waals surface area contributed by atoms with Crippen LogP contribution >= 0.6 is 0 Å². The Morgan fingerprint density at radius 2 is 1.75 bits per heavy atom. The number of pyridine rings is 1. The number of phenols is 1. The van der Waals surface area contributed by atoms with E-state index in [0.717, 1.165) is 4.31 Å². The molecular weight excluding hydrogens is 384 g/mol. The van der Waals surface area contributed by atoms with Crippen LogP contribution in [0.5, 0.6) is 11.6 Å². The average molecular weight is 402 g/mol. The molecule has 0 aliphatic carbocycles. The number of rotatable bonds is 4. The van der Waals surface area contributed by atoms with Crippen molar-refractivity contribution in [2.45, 2.75) is 6.54 Å². The fourth-order valence-electron chi connectivity index (χ4n) is 3.27. The van der Waals surface area contributed by atoms with E-state index in [0.29, 0.717) is 27.3 Å². The molecule has 0 aliphatic rings. The Morgan fingerprint density at radius 3 is 2.46 bits per heavy atom. The number of hydrogen-bond acceptors (Lipinski definition) is 6. The van der Waals surface area contributed by atoms with Crippen molar-refractivity contribution in [2.75, 3.05) is 19.8 Å². The number of aryl methyl sites for hydroxylation is 1. The van der Waals surface area contributed by atoms with Crippen molar-refractivity contribution in [1.82, 2.24) is 8.87 Å². The fraction of sp³-hybridized carbons (Fsp3) is 0.211. The quantitative estimate of drug-likeness (QED) is 0.400. The highest BCUT2D eigenvalue weighted by molar-refractivity contribution is 7.89. The van der Waals surface area contributed by atoms with Crippen LogP contribution in [-0.4, -0.2) is 47.4 Å². The second kappa shape index (κ2) is 6.25. The zero-order valence-corrected chi connectivity index (χ0v) is 16.0. The lowest BCUT2D eigenvalue weighted by atomic mass is 10.0. The summed E-state index contributed by atoms with van der Waals surface area (Å²) in [6, 6.07) is 7.43. The molecule has 28 heavy (non-hydrogen) atoms. The molecule has 4 rings (SSSR count). The Labute approximate surface area is 159 Å². The van der Waals surface area contributed by atoms with Crippen LogP contribution in [0, 0.1) is 0 Å². The summed E-state index contributed by atoms with van der Waals surface area (Å²) >= 11 is 0. The molecule has 8 nitrogen and oxygen atoms in total. The van der Waals surface area contributed by atoms with Crippen molar-refractivity contribution >= 4 is 42.7 Å². The molecule has 0 unspecified atom stereocenters. The molecule has 146 valence electrons. The molecule has 2 aromatic heterocycles. The van der Waals surface area contributed by atoms with E-state index in [-0.39, 0.29) is 29.3 Å². The molecule has 2 aromatic carbocycles. The Hall–Kier alpha value is -3.04. The van der Waals surface area contributed by atoms with Crippen LogP contribution in [0.3, 0.4) is 0 Å². The Bertz CT molecular complexity index is 1400. The van der Waals surface area contributed by atoms with E-state index in [9.17, 15) is 23.4 Å². The van der Waals surface area contributed by atoms with Crippen LogP contribution in [-0.2, 0) is 16.6 Å². The van der Waals surface area contributed by atoms with Crippen LogP contribution < -0.4 is 5.43 Å². The van der Waals surface area contributed by atoms with Gasteiger partial charge < -0.3 is 19.2 Å². The van der Waals surface area contributed by atoms with Gasteiger partial charge in [0.15, 0.2) is 5.43 Å². The third kappa shape index (κ3) is 2.79. The molecule has 4 aromatic rings. The highest BCUT2D eigenvalue weighted by atomic mass is 32.2. The smallest absolute Gasteiger partial charge is 0.215 e. The maximum atomic E-state index is 12.5. The molecule has 0 saturated carbocycles. The minimum absolute atomic E-state index is 0.0204. The van der Waals surface area contributed by atoms with Gasteiger partial charge in [-0.15, -0.1) is 0 Å². The number of hydrogen-bond donors (Lipinski definition) is 2. The fourth-order valence-corrected chi connectivity index (χ4v) is 4.06. The van der Waals surface area contributed by atoms with Crippen molar-refractivity contribution < 1.29 is 23.0 Å². The normalized spacial score (nSPS) is 12.5. The first-order valence-corrected chi connectivity index (χ1v) is 10.1. The molecule has 9 heteroatoms. The number of phenolic OH excluding ortho intramolecular Hbond substituents is 1. The molecule has 0 atom stereocenters. The standard InChI is InChI=1S/C19H18N2O6S/c1-20(2)28(25,26)8-7-21-10-13-12-9-11(22)3-5-15(12)27-16-6-4-14(23)18(17(13)16)19(21)24/h3-6,9-10,22,24H,7-8H2,1-2H3. The maximum Gasteiger partial charge on any atom is 0.215 e. The second-order valence-corrected chi connectivity index (χ2v) is 9.05. The summed E-state index contributed by atoms with van der Waals surface area (Å²) in [4.78, 5) is 12.5. The largest absolute Gasteiger partial charge is 0.508 e. The lowest BCUT2D eigenvalue weighted by Crippen LogP contribution is -2.27. The van der Waals surface area contributed by atoms with Crippen LogP contribution in [0.15, 0.2) is 45.7 Å². The van der Waals surface area contributed by atoms with Gasteiger partial charge in [0, 0.05) is 43.0 Å². The Kier molecular flexibility index (Phi) is 4.09. The number of fused-ring (bicyclic) bond motifs is 2. The zero-order chi connectivity index (χ0) is 20.2. The van der Waals surface area contributed by atoms with Gasteiger partial charge >= 0.3 is 0 Å². The molecule has 0 bridgehead atoms. The van der Waals surface area contributed by atoms with Gasteiger partial charge in [0.25, 0.3) is 0 Å². The van der Waals surface area contributed by atoms with Crippen molar-refractivity contribution in [3.63, 3.8) is 0 Å². The van der Waals surface area contributed by atoms with Gasteiger partial charge in [-0.3, -0.25) is 4.79 Å². The molecule has 0 amide bonds. The summed E-state index contributed by atoms with van der Waals surface area (Å²) < 4.78 is 32.5. The van der Waals surface area contributed by atoms with E-state index in [2.05, 4.69) is 0 Å². The van der Waals surface area contributed by atoms with E-state index in [1.54, 1.807) is 12.3 Å². The number of aromatic nitrogens is 1. The van der Waals surface area contributed by atoms with Gasteiger partial charge in [-0.25, -0.2) is 12.7 Å². The van der Waals surface area contributed by atoms with Crippen LogP contribution in [0.1, 0.15) is 0 Å². The molecule has 0 aliphatic heterocycles. The highest BCUT2D eigenvalue weighted by Gasteiger charge is 2.20. The monoisotopic (exact) mass is 402 g/mol. The van der Waals surface area contributed by atoms with E-state index in [1.165, 1.54) is 42.9 Å². The van der Waals surface area contributed by atoms with Crippen LogP contribution in [0.25, 0.3) is 32.7 Å². The maximum absolute atomic E-state index is 12.5. The molecule has 0 fully saturated rings. The number of sulfonamides is 1. The van der Waals surface area contributed by atoms with Gasteiger partial charge in [-0.2, -0.15) is 0 Å². The first kappa shape index (κ1) is 18.3. The summed E-state index contributed by atoms with van der Waals surface area (Å²) in [5, 5.41) is 22.2. The molecule has 0 saturated heterocycles. The third-order valence-electron chi connectivity index (χ3n) is 4.80. The van der Waals surface area contributed by atoms with Crippen molar-refractivity contribution in [2.24, 2.45) is 0 Å². The van der Waals surface area contributed by atoms with Gasteiger partial charge in [0.2, 0.25) is 15.9 Å².